The fourth-order valence-corrected chi connectivity index (χ4v) is 2.67. The minimum absolute atomic E-state index is 0.378. The summed E-state index contributed by atoms with van der Waals surface area (Å²) in [5.41, 5.74) is 1.42. The van der Waals surface area contributed by atoms with Gasteiger partial charge in [0.05, 0.1) is 11.2 Å². The molecular weight excluding hydrogens is 270 g/mol. The van der Waals surface area contributed by atoms with Crippen LogP contribution < -0.4 is 5.32 Å². The number of carboxylic acids is 1. The quantitative estimate of drug-likeness (QED) is 0.887. The van der Waals surface area contributed by atoms with Crippen molar-refractivity contribution in [2.45, 2.75) is 18.9 Å². The standard InChI is InChI=1S/C15H15N3O3/c19-14(20)13-7-3-9-18(13)15(21)17-12-6-1-5-11-10(12)4-2-8-16-11/h1-2,4-6,8,13H,3,7,9H2,(H,17,21)(H,19,20)/t13-/m0/s1. The minimum Gasteiger partial charge on any atom is -0.480 e. The summed E-state index contributed by atoms with van der Waals surface area (Å²) in [4.78, 5) is 29.1. The van der Waals surface area contributed by atoms with Gasteiger partial charge >= 0.3 is 12.0 Å². The monoisotopic (exact) mass is 285 g/mol. The molecule has 2 aromatic rings. The number of urea groups is 1. The SMILES string of the molecule is O=C(O)[C@@H]1CCCN1C(=O)Nc1cccc2ncccc12. The lowest BCUT2D eigenvalue weighted by Gasteiger charge is -2.22. The van der Waals surface area contributed by atoms with Gasteiger partial charge in [-0.05, 0) is 37.1 Å². The molecule has 0 bridgehead atoms. The summed E-state index contributed by atoms with van der Waals surface area (Å²) in [7, 11) is 0. The number of hydrogen-bond donors (Lipinski definition) is 2. The molecule has 1 aliphatic rings. The van der Waals surface area contributed by atoms with Gasteiger partial charge in [0.15, 0.2) is 0 Å². The first-order valence-electron chi connectivity index (χ1n) is 6.81. The second kappa shape index (κ2) is 5.40. The molecule has 3 rings (SSSR count). The van der Waals surface area contributed by atoms with Gasteiger partial charge in [0, 0.05) is 18.1 Å². The highest BCUT2D eigenvalue weighted by atomic mass is 16.4. The Morgan fingerprint density at radius 3 is 2.95 bits per heavy atom. The van der Waals surface area contributed by atoms with Crippen LogP contribution in [0.4, 0.5) is 10.5 Å². The molecule has 2 heterocycles. The van der Waals surface area contributed by atoms with Crippen LogP contribution >= 0.6 is 0 Å². The average molecular weight is 285 g/mol. The molecule has 1 saturated heterocycles. The molecule has 0 aliphatic carbocycles. The number of rotatable bonds is 2. The molecule has 21 heavy (non-hydrogen) atoms. The number of anilines is 1. The molecule has 0 saturated carbocycles. The Hall–Kier alpha value is -2.63. The smallest absolute Gasteiger partial charge is 0.326 e. The number of carbonyl (C=O) groups excluding carboxylic acids is 1. The third-order valence-electron chi connectivity index (χ3n) is 3.69. The van der Waals surface area contributed by atoms with Gasteiger partial charge in [0.2, 0.25) is 0 Å². The number of aliphatic carboxylic acids is 1. The van der Waals surface area contributed by atoms with E-state index in [1.807, 2.05) is 18.2 Å². The van der Waals surface area contributed by atoms with Gasteiger partial charge in [0.25, 0.3) is 0 Å². The van der Waals surface area contributed by atoms with E-state index in [-0.39, 0.29) is 6.03 Å². The maximum absolute atomic E-state index is 12.3. The molecule has 1 aromatic carbocycles. The number of amides is 2. The fourth-order valence-electron chi connectivity index (χ4n) is 2.67. The maximum Gasteiger partial charge on any atom is 0.326 e. The lowest BCUT2D eigenvalue weighted by Crippen LogP contribution is -2.42. The Morgan fingerprint density at radius 1 is 1.29 bits per heavy atom. The molecule has 0 spiro atoms. The highest BCUT2D eigenvalue weighted by molar-refractivity contribution is 6.01. The van der Waals surface area contributed by atoms with Gasteiger partial charge in [-0.25, -0.2) is 9.59 Å². The van der Waals surface area contributed by atoms with Crippen LogP contribution in [-0.2, 0) is 4.79 Å². The Morgan fingerprint density at radius 2 is 2.14 bits per heavy atom. The van der Waals surface area contributed by atoms with E-state index in [0.29, 0.717) is 25.1 Å². The maximum atomic E-state index is 12.3. The third kappa shape index (κ3) is 2.52. The molecular formula is C15H15N3O3. The number of nitrogens with zero attached hydrogens (tertiary/aromatic N) is 2. The zero-order valence-electron chi connectivity index (χ0n) is 11.3. The van der Waals surface area contributed by atoms with Crippen LogP contribution in [0.2, 0.25) is 0 Å². The highest BCUT2D eigenvalue weighted by Gasteiger charge is 2.34. The van der Waals surface area contributed by atoms with E-state index < -0.39 is 12.0 Å². The number of nitrogens with one attached hydrogen (secondary N) is 1. The third-order valence-corrected chi connectivity index (χ3v) is 3.69. The number of pyridine rings is 1. The van der Waals surface area contributed by atoms with Crippen molar-refractivity contribution in [3.05, 3.63) is 36.5 Å². The number of benzene rings is 1. The first-order chi connectivity index (χ1) is 10.2. The van der Waals surface area contributed by atoms with Crippen LogP contribution in [0.25, 0.3) is 10.9 Å². The summed E-state index contributed by atoms with van der Waals surface area (Å²) >= 11 is 0. The van der Waals surface area contributed by atoms with E-state index in [1.165, 1.54) is 4.90 Å². The lowest BCUT2D eigenvalue weighted by atomic mass is 10.2. The van der Waals surface area contributed by atoms with Crippen LogP contribution in [0.1, 0.15) is 12.8 Å². The zero-order valence-corrected chi connectivity index (χ0v) is 11.3. The molecule has 108 valence electrons. The number of likely N-dealkylation sites (tertiary alicyclic amines) is 1. The number of carbonyl (C=O) groups is 2. The molecule has 0 unspecified atom stereocenters. The Labute approximate surface area is 121 Å². The number of hydrogen-bond acceptors (Lipinski definition) is 3. The molecule has 1 aliphatic heterocycles. The van der Waals surface area contributed by atoms with Crippen LogP contribution in [0.3, 0.4) is 0 Å². The zero-order chi connectivity index (χ0) is 14.8. The fraction of sp³-hybridized carbons (Fsp3) is 0.267. The number of aromatic nitrogens is 1. The summed E-state index contributed by atoms with van der Waals surface area (Å²) < 4.78 is 0. The second-order valence-corrected chi connectivity index (χ2v) is 5.00. The average Bonchev–Trinajstić information content (AvgIpc) is 2.97. The molecule has 1 aromatic heterocycles. The van der Waals surface area contributed by atoms with E-state index in [2.05, 4.69) is 10.3 Å². The van der Waals surface area contributed by atoms with E-state index in [4.69, 9.17) is 5.11 Å². The predicted octanol–water partition coefficient (Wildman–Crippen LogP) is 2.32. The summed E-state index contributed by atoms with van der Waals surface area (Å²) in [6.45, 7) is 0.464. The van der Waals surface area contributed by atoms with E-state index in [9.17, 15) is 9.59 Å². The Balaban J connectivity index is 1.85. The van der Waals surface area contributed by atoms with Crippen LogP contribution in [0, 0.1) is 0 Å². The van der Waals surface area contributed by atoms with Gasteiger partial charge in [-0.15, -0.1) is 0 Å². The number of fused-ring (bicyclic) bond motifs is 1. The molecule has 6 nitrogen and oxygen atoms in total. The van der Waals surface area contributed by atoms with E-state index in [1.54, 1.807) is 18.3 Å². The Bertz CT molecular complexity index is 696. The number of carboxylic acid groups (broad SMARTS) is 1. The van der Waals surface area contributed by atoms with Crippen LogP contribution in [0.15, 0.2) is 36.5 Å². The van der Waals surface area contributed by atoms with Crippen molar-refractivity contribution in [3.8, 4) is 0 Å². The van der Waals surface area contributed by atoms with Crippen molar-refractivity contribution < 1.29 is 14.7 Å². The predicted molar refractivity (Wildman–Crippen MR) is 78.1 cm³/mol. The van der Waals surface area contributed by atoms with Gasteiger partial charge in [0.1, 0.15) is 6.04 Å². The largest absolute Gasteiger partial charge is 0.480 e. The first kappa shape index (κ1) is 13.4. The normalized spacial score (nSPS) is 17.9. The molecule has 1 fully saturated rings. The summed E-state index contributed by atoms with van der Waals surface area (Å²) in [5.74, 6) is -0.956. The molecule has 6 heteroatoms. The molecule has 1 atom stereocenters. The lowest BCUT2D eigenvalue weighted by molar-refractivity contribution is -0.141. The van der Waals surface area contributed by atoms with Crippen molar-refractivity contribution in [1.29, 1.82) is 0 Å². The summed E-state index contributed by atoms with van der Waals surface area (Å²) in [5, 5.41) is 12.8. The van der Waals surface area contributed by atoms with Gasteiger partial charge < -0.3 is 15.3 Å². The van der Waals surface area contributed by atoms with Crippen molar-refractivity contribution in [1.82, 2.24) is 9.88 Å². The van der Waals surface area contributed by atoms with E-state index in [0.717, 1.165) is 10.9 Å². The van der Waals surface area contributed by atoms with Crippen molar-refractivity contribution >= 4 is 28.6 Å². The van der Waals surface area contributed by atoms with E-state index >= 15 is 0 Å². The van der Waals surface area contributed by atoms with Crippen molar-refractivity contribution in [3.63, 3.8) is 0 Å². The molecule has 2 N–H and O–H groups in total. The molecule has 2 amide bonds. The Kier molecular flexibility index (Phi) is 3.43. The minimum atomic E-state index is -0.956. The van der Waals surface area contributed by atoms with Gasteiger partial charge in [-0.2, -0.15) is 0 Å². The second-order valence-electron chi connectivity index (χ2n) is 5.00. The summed E-state index contributed by atoms with van der Waals surface area (Å²) in [6, 6.07) is 8.01. The molecule has 0 radical (unpaired) electrons. The topological polar surface area (TPSA) is 82.5 Å². The first-order valence-corrected chi connectivity index (χ1v) is 6.81. The van der Waals surface area contributed by atoms with Gasteiger partial charge in [-0.3, -0.25) is 4.98 Å². The van der Waals surface area contributed by atoms with Gasteiger partial charge in [-0.1, -0.05) is 6.07 Å². The van der Waals surface area contributed by atoms with Crippen molar-refractivity contribution in [2.24, 2.45) is 0 Å². The van der Waals surface area contributed by atoms with Crippen molar-refractivity contribution in [2.75, 3.05) is 11.9 Å². The van der Waals surface area contributed by atoms with Crippen LogP contribution in [-0.4, -0.2) is 39.6 Å². The highest BCUT2D eigenvalue weighted by Crippen LogP contribution is 2.23. The summed E-state index contributed by atoms with van der Waals surface area (Å²) in [6.07, 6.45) is 2.90. The van der Waals surface area contributed by atoms with Crippen LogP contribution in [0.5, 0.6) is 0 Å².